The number of methoxy groups -OCH3 is 1. The van der Waals surface area contributed by atoms with Crippen molar-refractivity contribution in [3.05, 3.63) is 42.5 Å². The highest BCUT2D eigenvalue weighted by atomic mass is 127. The van der Waals surface area contributed by atoms with E-state index in [4.69, 9.17) is 9.47 Å². The number of halogens is 1. The van der Waals surface area contributed by atoms with Gasteiger partial charge < -0.3 is 24.3 Å². The summed E-state index contributed by atoms with van der Waals surface area (Å²) in [5.74, 6) is 4.04. The van der Waals surface area contributed by atoms with Crippen LogP contribution in [0.4, 0.5) is 0 Å². The lowest BCUT2D eigenvalue weighted by Crippen LogP contribution is -2.40. The van der Waals surface area contributed by atoms with Gasteiger partial charge in [-0.05, 0) is 30.2 Å². The van der Waals surface area contributed by atoms with Gasteiger partial charge in [0.15, 0.2) is 5.96 Å². The van der Waals surface area contributed by atoms with E-state index in [1.54, 1.807) is 14.2 Å². The molecule has 0 amide bonds. The van der Waals surface area contributed by atoms with Crippen LogP contribution in [-0.2, 0) is 13.1 Å². The molecule has 0 saturated carbocycles. The number of guanidine groups is 1. The van der Waals surface area contributed by atoms with Crippen molar-refractivity contribution in [3.63, 3.8) is 0 Å². The largest absolute Gasteiger partial charge is 0.497 e. The molecule has 1 aromatic heterocycles. The number of benzene rings is 1. The smallest absolute Gasteiger partial charge is 0.193 e. The third-order valence-corrected chi connectivity index (χ3v) is 4.10. The number of imidazole rings is 1. The second-order valence-electron chi connectivity index (χ2n) is 6.74. The predicted molar refractivity (Wildman–Crippen MR) is 124 cm³/mol. The summed E-state index contributed by atoms with van der Waals surface area (Å²) in [6.07, 6.45) is 3.86. The topological polar surface area (TPSA) is 63.9 Å². The van der Waals surface area contributed by atoms with Gasteiger partial charge in [0.1, 0.15) is 23.9 Å². The van der Waals surface area contributed by atoms with Gasteiger partial charge in [-0.3, -0.25) is 4.99 Å². The SMILES string of the molecule is CN=C(NCc1nccn1CC(C)C)N(C)CCOc1ccc(OC)cc1.I. The van der Waals surface area contributed by atoms with Gasteiger partial charge in [-0.25, -0.2) is 4.98 Å². The van der Waals surface area contributed by atoms with E-state index in [0.29, 0.717) is 25.6 Å². The van der Waals surface area contributed by atoms with Crippen molar-refractivity contribution in [1.29, 1.82) is 0 Å². The van der Waals surface area contributed by atoms with Crippen molar-refractivity contribution in [3.8, 4) is 11.5 Å². The fourth-order valence-electron chi connectivity index (χ4n) is 2.69. The Morgan fingerprint density at radius 2 is 1.93 bits per heavy atom. The molecule has 0 unspecified atom stereocenters. The molecule has 2 aromatic rings. The molecular formula is C20H32IN5O2. The van der Waals surface area contributed by atoms with E-state index in [-0.39, 0.29) is 24.0 Å². The van der Waals surface area contributed by atoms with Gasteiger partial charge in [-0.2, -0.15) is 0 Å². The van der Waals surface area contributed by atoms with Gasteiger partial charge in [-0.15, -0.1) is 24.0 Å². The standard InChI is InChI=1S/C20H31N5O2.HI/c1-16(2)15-25-11-10-22-19(25)14-23-20(21-3)24(4)12-13-27-18-8-6-17(26-5)7-9-18;/h6-11,16H,12-15H2,1-5H3,(H,21,23);1H. The van der Waals surface area contributed by atoms with Crippen LogP contribution in [0.1, 0.15) is 19.7 Å². The highest BCUT2D eigenvalue weighted by molar-refractivity contribution is 14.0. The number of aliphatic imine (C=N–C) groups is 1. The van der Waals surface area contributed by atoms with E-state index < -0.39 is 0 Å². The number of rotatable bonds is 9. The Bertz CT molecular complexity index is 716. The molecule has 0 radical (unpaired) electrons. The quantitative estimate of drug-likeness (QED) is 0.325. The first-order valence-corrected chi connectivity index (χ1v) is 9.22. The van der Waals surface area contributed by atoms with Crippen molar-refractivity contribution in [2.75, 3.05) is 34.4 Å². The van der Waals surface area contributed by atoms with Gasteiger partial charge in [-0.1, -0.05) is 13.8 Å². The molecular weight excluding hydrogens is 469 g/mol. The first-order valence-electron chi connectivity index (χ1n) is 9.22. The van der Waals surface area contributed by atoms with E-state index in [0.717, 1.165) is 29.8 Å². The number of nitrogens with one attached hydrogen (secondary N) is 1. The second-order valence-corrected chi connectivity index (χ2v) is 6.74. The first kappa shape index (κ1) is 24.1. The minimum Gasteiger partial charge on any atom is -0.497 e. The molecule has 0 fully saturated rings. The van der Waals surface area contributed by atoms with Crippen LogP contribution in [0.25, 0.3) is 0 Å². The van der Waals surface area contributed by atoms with E-state index in [1.165, 1.54) is 0 Å². The molecule has 1 aromatic carbocycles. The van der Waals surface area contributed by atoms with Crippen LogP contribution in [-0.4, -0.2) is 54.8 Å². The molecule has 7 nitrogen and oxygen atoms in total. The summed E-state index contributed by atoms with van der Waals surface area (Å²) in [6, 6.07) is 7.58. The lowest BCUT2D eigenvalue weighted by atomic mass is 10.2. The average Bonchev–Trinajstić information content (AvgIpc) is 3.09. The fraction of sp³-hybridized carbons (Fsp3) is 0.500. The number of hydrogen-bond acceptors (Lipinski definition) is 4. The molecule has 0 aliphatic carbocycles. The summed E-state index contributed by atoms with van der Waals surface area (Å²) in [7, 11) is 5.43. The fourth-order valence-corrected chi connectivity index (χ4v) is 2.69. The van der Waals surface area contributed by atoms with Crippen molar-refractivity contribution in [2.24, 2.45) is 10.9 Å². The summed E-state index contributed by atoms with van der Waals surface area (Å²) >= 11 is 0. The second kappa shape index (κ2) is 12.5. The molecule has 8 heteroatoms. The summed E-state index contributed by atoms with van der Waals surface area (Å²) in [5, 5.41) is 3.37. The Morgan fingerprint density at radius 3 is 2.54 bits per heavy atom. The number of hydrogen-bond donors (Lipinski definition) is 1. The zero-order chi connectivity index (χ0) is 19.6. The molecule has 0 bridgehead atoms. The third kappa shape index (κ3) is 7.57. The maximum absolute atomic E-state index is 5.79. The molecule has 0 aliphatic rings. The van der Waals surface area contributed by atoms with Crippen LogP contribution in [0, 0.1) is 5.92 Å². The maximum atomic E-state index is 5.79. The molecule has 0 atom stereocenters. The van der Waals surface area contributed by atoms with Crippen molar-refractivity contribution in [2.45, 2.75) is 26.9 Å². The normalized spacial score (nSPS) is 11.1. The zero-order valence-electron chi connectivity index (χ0n) is 17.4. The summed E-state index contributed by atoms with van der Waals surface area (Å²) < 4.78 is 13.1. The average molecular weight is 501 g/mol. The molecule has 156 valence electrons. The van der Waals surface area contributed by atoms with Crippen LogP contribution in [0.3, 0.4) is 0 Å². The van der Waals surface area contributed by atoms with Crippen molar-refractivity contribution in [1.82, 2.24) is 19.8 Å². The Morgan fingerprint density at radius 1 is 1.25 bits per heavy atom. The van der Waals surface area contributed by atoms with E-state index >= 15 is 0 Å². The monoisotopic (exact) mass is 501 g/mol. The predicted octanol–water partition coefficient (Wildman–Crippen LogP) is 3.25. The number of likely N-dealkylation sites (N-methyl/N-ethyl adjacent to an activating group) is 1. The molecule has 1 heterocycles. The van der Waals surface area contributed by atoms with Crippen molar-refractivity contribution >= 4 is 29.9 Å². The van der Waals surface area contributed by atoms with Crippen LogP contribution < -0.4 is 14.8 Å². The van der Waals surface area contributed by atoms with E-state index in [9.17, 15) is 0 Å². The van der Waals surface area contributed by atoms with Crippen LogP contribution >= 0.6 is 24.0 Å². The molecule has 0 spiro atoms. The van der Waals surface area contributed by atoms with Crippen molar-refractivity contribution < 1.29 is 9.47 Å². The minimum absolute atomic E-state index is 0. The number of nitrogens with zero attached hydrogens (tertiary/aromatic N) is 4. The molecule has 1 N–H and O–H groups in total. The molecule has 0 saturated heterocycles. The molecule has 0 aliphatic heterocycles. The zero-order valence-corrected chi connectivity index (χ0v) is 19.7. The Hall–Kier alpha value is -1.97. The summed E-state index contributed by atoms with van der Waals surface area (Å²) in [4.78, 5) is 10.8. The summed E-state index contributed by atoms with van der Waals surface area (Å²) in [5.41, 5.74) is 0. The lowest BCUT2D eigenvalue weighted by Gasteiger charge is -2.22. The van der Waals surface area contributed by atoms with Gasteiger partial charge in [0.2, 0.25) is 0 Å². The van der Waals surface area contributed by atoms with E-state index in [2.05, 4.69) is 33.7 Å². The van der Waals surface area contributed by atoms with Gasteiger partial charge in [0, 0.05) is 33.0 Å². The summed E-state index contributed by atoms with van der Waals surface area (Å²) in [6.45, 7) is 7.27. The molecule has 2 rings (SSSR count). The Balaban J connectivity index is 0.00000392. The Labute approximate surface area is 185 Å². The van der Waals surface area contributed by atoms with Gasteiger partial charge in [0.05, 0.1) is 20.2 Å². The highest BCUT2D eigenvalue weighted by Gasteiger charge is 2.09. The Kier molecular flexibility index (Phi) is 10.7. The maximum Gasteiger partial charge on any atom is 0.193 e. The lowest BCUT2D eigenvalue weighted by molar-refractivity contribution is 0.281. The van der Waals surface area contributed by atoms with Crippen LogP contribution in [0.2, 0.25) is 0 Å². The van der Waals surface area contributed by atoms with Gasteiger partial charge in [0.25, 0.3) is 0 Å². The first-order chi connectivity index (χ1) is 13.0. The van der Waals surface area contributed by atoms with Gasteiger partial charge >= 0.3 is 0 Å². The van der Waals surface area contributed by atoms with Crippen LogP contribution in [0.15, 0.2) is 41.7 Å². The minimum atomic E-state index is 0. The third-order valence-electron chi connectivity index (χ3n) is 4.10. The van der Waals surface area contributed by atoms with Crippen LogP contribution in [0.5, 0.6) is 11.5 Å². The number of ether oxygens (including phenoxy) is 2. The number of aromatic nitrogens is 2. The highest BCUT2D eigenvalue weighted by Crippen LogP contribution is 2.16. The van der Waals surface area contributed by atoms with E-state index in [1.807, 2.05) is 48.6 Å². The molecule has 28 heavy (non-hydrogen) atoms.